The van der Waals surface area contributed by atoms with Crippen LogP contribution in [0.1, 0.15) is 17.7 Å². The van der Waals surface area contributed by atoms with Crippen molar-refractivity contribution in [2.75, 3.05) is 5.88 Å². The van der Waals surface area contributed by atoms with E-state index in [1.54, 1.807) is 4.68 Å². The fourth-order valence-electron chi connectivity index (χ4n) is 1.20. The Bertz CT molecular complexity index is 268. The summed E-state index contributed by atoms with van der Waals surface area (Å²) in [5.74, 6) is 0.671. The van der Waals surface area contributed by atoms with E-state index in [0.717, 1.165) is 29.3 Å². The predicted octanol–water partition coefficient (Wildman–Crippen LogP) is 2.55. The monoisotopic (exact) mass is 206 g/mol. The van der Waals surface area contributed by atoms with Crippen LogP contribution in [-0.4, -0.2) is 15.7 Å². The van der Waals surface area contributed by atoms with E-state index < -0.39 is 0 Å². The minimum atomic E-state index is 0.671. The Morgan fingerprint density at radius 2 is 2.17 bits per heavy atom. The van der Waals surface area contributed by atoms with E-state index in [4.69, 9.17) is 23.2 Å². The van der Waals surface area contributed by atoms with Crippen LogP contribution in [0.25, 0.3) is 0 Å². The zero-order chi connectivity index (χ0) is 9.14. The van der Waals surface area contributed by atoms with Crippen LogP contribution >= 0.6 is 23.2 Å². The van der Waals surface area contributed by atoms with Crippen molar-refractivity contribution < 1.29 is 0 Å². The summed E-state index contributed by atoms with van der Waals surface area (Å²) in [5, 5.41) is 4.94. The van der Waals surface area contributed by atoms with Crippen LogP contribution in [0.3, 0.4) is 0 Å². The molecule has 1 aromatic heterocycles. The lowest BCUT2D eigenvalue weighted by Gasteiger charge is -1.96. The molecule has 0 aromatic carbocycles. The van der Waals surface area contributed by atoms with E-state index in [0.29, 0.717) is 5.88 Å². The largest absolute Gasteiger partial charge is 0.257 e. The number of alkyl halides is 1. The summed E-state index contributed by atoms with van der Waals surface area (Å²) in [4.78, 5) is 0. The second-order valence-electron chi connectivity index (χ2n) is 2.77. The highest BCUT2D eigenvalue weighted by molar-refractivity contribution is 6.30. The van der Waals surface area contributed by atoms with E-state index in [-0.39, 0.29) is 0 Å². The predicted molar refractivity (Wildman–Crippen MR) is 52.0 cm³/mol. The Balaban J connectivity index is 2.82. The van der Waals surface area contributed by atoms with Crippen molar-refractivity contribution in [1.82, 2.24) is 9.78 Å². The Kier molecular flexibility index (Phi) is 3.41. The fraction of sp³-hybridized carbons (Fsp3) is 0.625. The lowest BCUT2D eigenvalue weighted by Crippen LogP contribution is -1.90. The molecule has 4 heteroatoms. The SMILES string of the molecule is Cc1nn(C)c(Cl)c1CCCCl. The Morgan fingerprint density at radius 3 is 2.58 bits per heavy atom. The molecule has 0 aliphatic rings. The molecule has 0 aliphatic heterocycles. The molecule has 1 heterocycles. The molecule has 0 N–H and O–H groups in total. The average Bonchev–Trinajstić information content (AvgIpc) is 2.25. The molecule has 0 saturated carbocycles. The molecule has 0 aliphatic carbocycles. The highest BCUT2D eigenvalue weighted by Crippen LogP contribution is 2.19. The van der Waals surface area contributed by atoms with Gasteiger partial charge in [0.25, 0.3) is 0 Å². The summed E-state index contributed by atoms with van der Waals surface area (Å²) in [6.07, 6.45) is 1.87. The van der Waals surface area contributed by atoms with Crippen molar-refractivity contribution in [3.05, 3.63) is 16.4 Å². The second kappa shape index (κ2) is 4.15. The molecule has 1 aromatic rings. The van der Waals surface area contributed by atoms with E-state index >= 15 is 0 Å². The molecule has 0 atom stereocenters. The van der Waals surface area contributed by atoms with Gasteiger partial charge in [0.1, 0.15) is 5.15 Å². The van der Waals surface area contributed by atoms with Crippen molar-refractivity contribution >= 4 is 23.2 Å². The first-order chi connectivity index (χ1) is 5.66. The van der Waals surface area contributed by atoms with E-state index in [1.807, 2.05) is 14.0 Å². The zero-order valence-corrected chi connectivity index (χ0v) is 8.78. The lowest BCUT2D eigenvalue weighted by molar-refractivity contribution is 0.757. The summed E-state index contributed by atoms with van der Waals surface area (Å²) in [6, 6.07) is 0. The summed E-state index contributed by atoms with van der Waals surface area (Å²) in [6.45, 7) is 1.97. The maximum absolute atomic E-state index is 6.01. The minimum absolute atomic E-state index is 0.671. The highest BCUT2D eigenvalue weighted by atomic mass is 35.5. The molecule has 68 valence electrons. The molecule has 0 saturated heterocycles. The third-order valence-corrected chi connectivity index (χ3v) is 2.57. The Morgan fingerprint density at radius 1 is 1.50 bits per heavy atom. The quantitative estimate of drug-likeness (QED) is 0.696. The first-order valence-electron chi connectivity index (χ1n) is 3.90. The van der Waals surface area contributed by atoms with Crippen LogP contribution < -0.4 is 0 Å². The van der Waals surface area contributed by atoms with Crippen LogP contribution in [0, 0.1) is 6.92 Å². The van der Waals surface area contributed by atoms with Gasteiger partial charge in [-0.05, 0) is 19.8 Å². The highest BCUT2D eigenvalue weighted by Gasteiger charge is 2.09. The van der Waals surface area contributed by atoms with Gasteiger partial charge in [0, 0.05) is 18.5 Å². The number of hydrogen-bond donors (Lipinski definition) is 0. The van der Waals surface area contributed by atoms with E-state index in [1.165, 1.54) is 0 Å². The van der Waals surface area contributed by atoms with Gasteiger partial charge in [0.05, 0.1) is 5.69 Å². The van der Waals surface area contributed by atoms with E-state index in [2.05, 4.69) is 5.10 Å². The van der Waals surface area contributed by atoms with Gasteiger partial charge in [-0.3, -0.25) is 4.68 Å². The number of aromatic nitrogens is 2. The molecule has 1 rings (SSSR count). The summed E-state index contributed by atoms with van der Waals surface area (Å²) in [5.41, 5.74) is 2.13. The summed E-state index contributed by atoms with van der Waals surface area (Å²) < 4.78 is 1.69. The van der Waals surface area contributed by atoms with Crippen LogP contribution in [0.5, 0.6) is 0 Å². The Hall–Kier alpha value is -0.210. The topological polar surface area (TPSA) is 17.8 Å². The molecule has 0 bridgehead atoms. The molecular formula is C8H12Cl2N2. The minimum Gasteiger partial charge on any atom is -0.257 e. The van der Waals surface area contributed by atoms with Gasteiger partial charge >= 0.3 is 0 Å². The molecule has 2 nitrogen and oxygen atoms in total. The molecular weight excluding hydrogens is 195 g/mol. The molecule has 12 heavy (non-hydrogen) atoms. The average molecular weight is 207 g/mol. The van der Waals surface area contributed by atoms with Gasteiger partial charge in [-0.1, -0.05) is 11.6 Å². The summed E-state index contributed by atoms with van der Waals surface area (Å²) in [7, 11) is 1.85. The Labute approximate surface area is 82.5 Å². The number of rotatable bonds is 3. The molecule has 0 spiro atoms. The van der Waals surface area contributed by atoms with Gasteiger partial charge < -0.3 is 0 Å². The van der Waals surface area contributed by atoms with Gasteiger partial charge in [-0.25, -0.2) is 0 Å². The number of halogens is 2. The van der Waals surface area contributed by atoms with Crippen molar-refractivity contribution in [2.45, 2.75) is 19.8 Å². The van der Waals surface area contributed by atoms with Crippen molar-refractivity contribution in [3.8, 4) is 0 Å². The molecule has 0 fully saturated rings. The van der Waals surface area contributed by atoms with Gasteiger partial charge in [-0.15, -0.1) is 11.6 Å². The zero-order valence-electron chi connectivity index (χ0n) is 7.27. The molecule has 0 unspecified atom stereocenters. The van der Waals surface area contributed by atoms with Crippen LogP contribution in [0.15, 0.2) is 0 Å². The van der Waals surface area contributed by atoms with Crippen LogP contribution in [-0.2, 0) is 13.5 Å². The third-order valence-electron chi connectivity index (χ3n) is 1.83. The first-order valence-corrected chi connectivity index (χ1v) is 4.82. The standard InChI is InChI=1S/C8H12Cl2N2/c1-6-7(4-3-5-9)8(10)12(2)11-6/h3-5H2,1-2H3. The maximum Gasteiger partial charge on any atom is 0.130 e. The number of hydrogen-bond acceptors (Lipinski definition) is 1. The lowest BCUT2D eigenvalue weighted by atomic mass is 10.1. The van der Waals surface area contributed by atoms with Crippen molar-refractivity contribution in [1.29, 1.82) is 0 Å². The molecule has 0 radical (unpaired) electrons. The smallest absolute Gasteiger partial charge is 0.130 e. The summed E-state index contributed by atoms with van der Waals surface area (Å²) >= 11 is 11.6. The van der Waals surface area contributed by atoms with E-state index in [9.17, 15) is 0 Å². The third kappa shape index (κ3) is 1.93. The first kappa shape index (κ1) is 9.87. The van der Waals surface area contributed by atoms with Crippen molar-refractivity contribution in [2.24, 2.45) is 7.05 Å². The van der Waals surface area contributed by atoms with Crippen LogP contribution in [0.4, 0.5) is 0 Å². The molecule has 0 amide bonds. The van der Waals surface area contributed by atoms with Gasteiger partial charge in [0.15, 0.2) is 0 Å². The number of nitrogens with zero attached hydrogens (tertiary/aromatic N) is 2. The van der Waals surface area contributed by atoms with Crippen LogP contribution in [0.2, 0.25) is 5.15 Å². The second-order valence-corrected chi connectivity index (χ2v) is 3.51. The van der Waals surface area contributed by atoms with Crippen molar-refractivity contribution in [3.63, 3.8) is 0 Å². The fourth-order valence-corrected chi connectivity index (χ4v) is 1.60. The number of aryl methyl sites for hydroxylation is 2. The van der Waals surface area contributed by atoms with Gasteiger partial charge in [-0.2, -0.15) is 5.10 Å². The van der Waals surface area contributed by atoms with Gasteiger partial charge in [0.2, 0.25) is 0 Å². The maximum atomic E-state index is 6.01. The normalized spacial score (nSPS) is 10.7.